The molecule has 0 N–H and O–H groups in total. The molecule has 0 bridgehead atoms. The second-order valence-corrected chi connectivity index (χ2v) is 17.9. The van der Waals surface area contributed by atoms with Crippen molar-refractivity contribution in [3.05, 3.63) is 211 Å². The van der Waals surface area contributed by atoms with Gasteiger partial charge in [0.2, 0.25) is 0 Å². The third-order valence-corrected chi connectivity index (χ3v) is 13.6. The Balaban J connectivity index is 0.00000469. The van der Waals surface area contributed by atoms with Crippen molar-refractivity contribution in [3.8, 4) is 39.6 Å². The zero-order valence-corrected chi connectivity index (χ0v) is 39.3. The van der Waals surface area contributed by atoms with E-state index in [9.17, 15) is 0 Å². The molecule has 1 aliphatic rings. The molecule has 11 aromatic rings. The molecule has 1 aliphatic heterocycles. The molecule has 0 unspecified atom stereocenters. The van der Waals surface area contributed by atoms with Crippen LogP contribution in [0.5, 0.6) is 11.5 Å². The van der Waals surface area contributed by atoms with Crippen molar-refractivity contribution >= 4 is 76.1 Å². The molecule has 5 nitrogen and oxygen atoms in total. The average Bonchev–Trinajstić information content (AvgIpc) is 3.98. The maximum atomic E-state index is 6.76. The van der Waals surface area contributed by atoms with E-state index in [1.54, 1.807) is 0 Å². The Morgan fingerprint density at radius 2 is 1.22 bits per heavy atom. The van der Waals surface area contributed by atoms with E-state index in [4.69, 9.17) is 9.72 Å². The Hall–Kier alpha value is -6.98. The number of nitrogens with zero attached hydrogens (tertiary/aromatic N) is 4. The molecule has 0 saturated heterocycles. The summed E-state index contributed by atoms with van der Waals surface area (Å²) in [6.45, 7) is 10.9. The SMILES string of the molecule is Cc1ccnc(-n2c3[c-]c(Oc4[c-]c(N5[CH-]N(c6c(C)cc(C)cc6C)c6cc(-c7ccccc7)c(-c7ccccc7)cc65)ccc4)ccc3c3ccc4sc5ccccc5c4c32)c1.[Pt]. The number of aryl methyl sites for hydroxylation is 4. The topological polar surface area (TPSA) is 33.5 Å². The molecule has 65 heavy (non-hydrogen) atoms. The van der Waals surface area contributed by atoms with Crippen LogP contribution in [0.15, 0.2) is 170 Å². The summed E-state index contributed by atoms with van der Waals surface area (Å²) in [6, 6.07) is 65.6. The van der Waals surface area contributed by atoms with Gasteiger partial charge in [-0.25, -0.2) is 4.98 Å². The van der Waals surface area contributed by atoms with Crippen LogP contribution in [-0.2, 0) is 21.1 Å². The molecule has 0 atom stereocenters. The number of fused-ring (bicyclic) bond motifs is 8. The molecule has 0 fully saturated rings. The van der Waals surface area contributed by atoms with Gasteiger partial charge in [-0.2, -0.15) is 12.1 Å². The summed E-state index contributed by atoms with van der Waals surface area (Å²) >= 11 is 1.82. The fraction of sp³-hybridized carbons (Fsp3) is 0.0690. The number of thiophene rings is 1. The number of benzene rings is 8. The maximum Gasteiger partial charge on any atom is 0.135 e. The second kappa shape index (κ2) is 16.2. The molecular weight excluding hydrogens is 996 g/mol. The smallest absolute Gasteiger partial charge is 0.135 e. The van der Waals surface area contributed by atoms with E-state index in [0.717, 1.165) is 61.4 Å². The van der Waals surface area contributed by atoms with E-state index in [1.807, 2.05) is 41.8 Å². The zero-order valence-electron chi connectivity index (χ0n) is 36.2. The number of ether oxygens (including phenoxy) is 1. The van der Waals surface area contributed by atoms with Gasteiger partial charge in [-0.15, -0.1) is 59.4 Å². The van der Waals surface area contributed by atoms with Crippen LogP contribution in [0.25, 0.3) is 70.0 Å². The van der Waals surface area contributed by atoms with Gasteiger partial charge in [-0.05, 0) is 108 Å². The number of hydrogen-bond acceptors (Lipinski definition) is 5. The number of rotatable bonds is 7. The third kappa shape index (κ3) is 6.91. The quantitative estimate of drug-likeness (QED) is 0.149. The Morgan fingerprint density at radius 1 is 0.554 bits per heavy atom. The van der Waals surface area contributed by atoms with Crippen LogP contribution in [0.3, 0.4) is 0 Å². The van der Waals surface area contributed by atoms with Crippen molar-refractivity contribution in [2.45, 2.75) is 27.7 Å². The molecule has 0 aliphatic carbocycles. The molecule has 7 heteroatoms. The molecule has 4 heterocycles. The summed E-state index contributed by atoms with van der Waals surface area (Å²) in [5.41, 5.74) is 15.7. The summed E-state index contributed by atoms with van der Waals surface area (Å²) in [4.78, 5) is 9.50. The first-order valence-electron chi connectivity index (χ1n) is 21.6. The van der Waals surface area contributed by atoms with Gasteiger partial charge in [-0.1, -0.05) is 108 Å². The maximum absolute atomic E-state index is 6.76. The molecule has 12 rings (SSSR count). The monoisotopic (exact) mass is 1040 g/mol. The number of pyridine rings is 1. The first-order valence-corrected chi connectivity index (χ1v) is 22.4. The summed E-state index contributed by atoms with van der Waals surface area (Å²) in [5, 5.41) is 4.72. The van der Waals surface area contributed by atoms with Gasteiger partial charge in [0.05, 0.1) is 5.52 Å². The van der Waals surface area contributed by atoms with E-state index >= 15 is 0 Å². The number of anilines is 4. The minimum atomic E-state index is 0. The standard InChI is InChI=1S/C58H41N4OS.Pt/c1-36-26-27-59-55(30-36)62-50-32-44(22-23-45(50)46-24-25-54-56(58(46)62)47-20-11-12-21-53(47)64-54)63-43-19-13-18-42(31-43)60-35-61(57-38(3)28-37(2)29-39(57)4)52-34-49(41-16-9-6-10-17-41)48(33-51(52)60)40-14-7-5-8-15-40;/h5-30,33-35H,1-4H3;/q-3;. The fourth-order valence-electron chi connectivity index (χ4n) is 9.74. The second-order valence-electron chi connectivity index (χ2n) is 16.8. The van der Waals surface area contributed by atoms with E-state index in [1.165, 1.54) is 53.7 Å². The Kier molecular flexibility index (Phi) is 10.2. The molecule has 318 valence electrons. The number of hydrogen-bond donors (Lipinski definition) is 0. The van der Waals surface area contributed by atoms with Gasteiger partial charge in [0.1, 0.15) is 5.82 Å². The summed E-state index contributed by atoms with van der Waals surface area (Å²) < 4.78 is 11.5. The average molecular weight is 1040 g/mol. The Bertz CT molecular complexity index is 3610. The predicted molar refractivity (Wildman–Crippen MR) is 267 cm³/mol. The molecule has 0 spiro atoms. The van der Waals surface area contributed by atoms with Crippen molar-refractivity contribution in [3.63, 3.8) is 0 Å². The van der Waals surface area contributed by atoms with Crippen LogP contribution in [0.4, 0.5) is 22.7 Å². The van der Waals surface area contributed by atoms with Crippen molar-refractivity contribution in [1.29, 1.82) is 0 Å². The Labute approximate surface area is 397 Å². The molecule has 0 radical (unpaired) electrons. The van der Waals surface area contributed by atoms with Crippen LogP contribution in [0.1, 0.15) is 22.3 Å². The predicted octanol–water partition coefficient (Wildman–Crippen LogP) is 15.9. The van der Waals surface area contributed by atoms with Gasteiger partial charge >= 0.3 is 0 Å². The third-order valence-electron chi connectivity index (χ3n) is 12.4. The largest absolute Gasteiger partial charge is 0.509 e. The van der Waals surface area contributed by atoms with E-state index in [0.29, 0.717) is 11.5 Å². The van der Waals surface area contributed by atoms with Gasteiger partial charge in [0, 0.05) is 76.0 Å². The minimum Gasteiger partial charge on any atom is -0.509 e. The van der Waals surface area contributed by atoms with Gasteiger partial charge in [-0.3, -0.25) is 0 Å². The van der Waals surface area contributed by atoms with E-state index in [-0.39, 0.29) is 21.1 Å². The number of aromatic nitrogens is 2. The van der Waals surface area contributed by atoms with Crippen LogP contribution in [0.2, 0.25) is 0 Å². The van der Waals surface area contributed by atoms with Crippen LogP contribution in [-0.4, -0.2) is 9.55 Å². The van der Waals surface area contributed by atoms with Crippen LogP contribution >= 0.6 is 11.3 Å². The van der Waals surface area contributed by atoms with Crippen LogP contribution in [0, 0.1) is 46.5 Å². The van der Waals surface area contributed by atoms with E-state index in [2.05, 4.69) is 200 Å². The van der Waals surface area contributed by atoms with Crippen LogP contribution < -0.4 is 14.5 Å². The summed E-state index contributed by atoms with van der Waals surface area (Å²) in [5.74, 6) is 2.04. The molecule has 8 aromatic carbocycles. The van der Waals surface area contributed by atoms with Crippen molar-refractivity contribution in [2.24, 2.45) is 0 Å². The summed E-state index contributed by atoms with van der Waals surface area (Å²) in [6.07, 6.45) is 1.89. The first kappa shape index (κ1) is 40.8. The van der Waals surface area contributed by atoms with Crippen molar-refractivity contribution in [2.75, 3.05) is 9.80 Å². The van der Waals surface area contributed by atoms with Gasteiger partial charge < -0.3 is 19.1 Å². The van der Waals surface area contributed by atoms with Crippen molar-refractivity contribution < 1.29 is 25.8 Å². The van der Waals surface area contributed by atoms with Gasteiger partial charge in [0.25, 0.3) is 0 Å². The summed E-state index contributed by atoms with van der Waals surface area (Å²) in [7, 11) is 0. The molecular formula is C58H41N4OPtS-3. The molecule has 0 saturated carbocycles. The molecule has 0 amide bonds. The Morgan fingerprint density at radius 3 is 1.94 bits per heavy atom. The van der Waals surface area contributed by atoms with Crippen molar-refractivity contribution in [1.82, 2.24) is 9.55 Å². The molecule has 3 aromatic heterocycles. The normalized spacial score (nSPS) is 12.4. The van der Waals surface area contributed by atoms with Gasteiger partial charge in [0.15, 0.2) is 0 Å². The minimum absolute atomic E-state index is 0. The zero-order chi connectivity index (χ0) is 43.1. The van der Waals surface area contributed by atoms with E-state index < -0.39 is 0 Å². The first-order chi connectivity index (χ1) is 31.4. The fourth-order valence-corrected chi connectivity index (χ4v) is 10.8.